The Labute approximate surface area is 92.2 Å². The molecule has 0 aliphatic heterocycles. The minimum atomic E-state index is -0.695. The Bertz CT molecular complexity index is 454. The van der Waals surface area contributed by atoms with Crippen molar-refractivity contribution in [3.05, 3.63) is 43.5 Å². The first-order valence-electron chi connectivity index (χ1n) is 4.78. The molecular formula is C10H12N2O4. The maximum absolute atomic E-state index is 10.9. The Hall–Kier alpha value is -1.98. The Morgan fingerprint density at radius 2 is 1.56 bits per heavy atom. The van der Waals surface area contributed by atoms with Crippen molar-refractivity contribution in [1.29, 1.82) is 0 Å². The highest BCUT2D eigenvalue weighted by molar-refractivity contribution is 5.62. The van der Waals surface area contributed by atoms with Crippen LogP contribution in [0.25, 0.3) is 0 Å². The normalized spacial score (nSPS) is 10.5. The predicted octanol–water partition coefficient (Wildman–Crippen LogP) is 2.93. The number of nitrogens with zero attached hydrogens (tertiary/aromatic N) is 2. The third-order valence-electron chi connectivity index (χ3n) is 2.37. The van der Waals surface area contributed by atoms with Crippen molar-refractivity contribution in [2.24, 2.45) is 0 Å². The van der Waals surface area contributed by atoms with Crippen molar-refractivity contribution in [3.8, 4) is 0 Å². The number of benzene rings is 1. The molecule has 0 spiro atoms. The van der Waals surface area contributed by atoms with Gasteiger partial charge >= 0.3 is 11.4 Å². The molecule has 0 radical (unpaired) electrons. The lowest BCUT2D eigenvalue weighted by Crippen LogP contribution is -2.03. The first-order valence-corrected chi connectivity index (χ1v) is 4.78. The van der Waals surface area contributed by atoms with Crippen LogP contribution >= 0.6 is 0 Å². The molecule has 0 aliphatic rings. The molecular weight excluding hydrogens is 212 g/mol. The zero-order chi connectivity index (χ0) is 12.5. The molecule has 1 rings (SSSR count). The van der Waals surface area contributed by atoms with Crippen molar-refractivity contribution in [1.82, 2.24) is 0 Å². The second-order valence-corrected chi connectivity index (χ2v) is 3.84. The summed E-state index contributed by atoms with van der Waals surface area (Å²) in [4.78, 5) is 20.4. The Morgan fingerprint density at radius 1 is 1.06 bits per heavy atom. The van der Waals surface area contributed by atoms with E-state index in [1.807, 2.05) is 0 Å². The molecule has 0 aromatic heterocycles. The summed E-state index contributed by atoms with van der Waals surface area (Å²) in [5.74, 6) is -0.125. The number of nitro benzene ring substituents is 2. The summed E-state index contributed by atoms with van der Waals surface area (Å²) in [7, 11) is 0. The lowest BCUT2D eigenvalue weighted by molar-refractivity contribution is -0.423. The molecule has 6 heteroatoms. The smallest absolute Gasteiger partial charge is 0.258 e. The van der Waals surface area contributed by atoms with E-state index < -0.39 is 15.5 Å². The lowest BCUT2D eigenvalue weighted by atomic mass is 9.98. The van der Waals surface area contributed by atoms with Gasteiger partial charge in [0.25, 0.3) is 0 Å². The van der Waals surface area contributed by atoms with Crippen LogP contribution in [0, 0.1) is 27.2 Å². The van der Waals surface area contributed by atoms with Crippen molar-refractivity contribution in [2.75, 3.05) is 0 Å². The number of aryl methyl sites for hydroxylation is 1. The summed E-state index contributed by atoms with van der Waals surface area (Å²) >= 11 is 0. The van der Waals surface area contributed by atoms with E-state index in [2.05, 4.69) is 0 Å². The molecule has 6 nitrogen and oxygen atoms in total. The monoisotopic (exact) mass is 224 g/mol. The lowest BCUT2D eigenvalue weighted by Gasteiger charge is -2.07. The summed E-state index contributed by atoms with van der Waals surface area (Å²) in [5.41, 5.74) is -0.0976. The van der Waals surface area contributed by atoms with Crippen LogP contribution < -0.4 is 0 Å². The zero-order valence-electron chi connectivity index (χ0n) is 9.26. The van der Waals surface area contributed by atoms with Gasteiger partial charge in [0.15, 0.2) is 0 Å². The maximum atomic E-state index is 10.9. The fraction of sp³-hybridized carbons (Fsp3) is 0.400. The molecule has 0 amide bonds. The van der Waals surface area contributed by atoms with Gasteiger partial charge in [-0.05, 0) is 12.8 Å². The van der Waals surface area contributed by atoms with Gasteiger partial charge in [-0.2, -0.15) is 0 Å². The van der Waals surface area contributed by atoms with E-state index in [1.54, 1.807) is 26.0 Å². The highest BCUT2D eigenvalue weighted by Crippen LogP contribution is 2.37. The van der Waals surface area contributed by atoms with Crippen LogP contribution in [0.5, 0.6) is 0 Å². The first kappa shape index (κ1) is 12.1. The van der Waals surface area contributed by atoms with Gasteiger partial charge in [-0.1, -0.05) is 26.0 Å². The molecule has 0 heterocycles. The topological polar surface area (TPSA) is 86.3 Å². The minimum absolute atomic E-state index is 0.125. The SMILES string of the molecule is Cc1ccc(C(C)C)c([N+](=O)[O-])c1[N+](=O)[O-]. The molecule has 0 atom stereocenters. The molecule has 0 saturated carbocycles. The average molecular weight is 224 g/mol. The maximum Gasteiger partial charge on any atom is 0.349 e. The molecule has 86 valence electrons. The molecule has 0 bridgehead atoms. The minimum Gasteiger partial charge on any atom is -0.258 e. The van der Waals surface area contributed by atoms with E-state index in [9.17, 15) is 20.2 Å². The van der Waals surface area contributed by atoms with E-state index in [0.717, 1.165) is 0 Å². The Morgan fingerprint density at radius 3 is 1.94 bits per heavy atom. The van der Waals surface area contributed by atoms with Gasteiger partial charge in [-0.25, -0.2) is 0 Å². The zero-order valence-corrected chi connectivity index (χ0v) is 9.26. The first-order chi connectivity index (χ1) is 7.36. The van der Waals surface area contributed by atoms with Gasteiger partial charge in [0.05, 0.1) is 9.85 Å². The van der Waals surface area contributed by atoms with Crippen LogP contribution in [-0.4, -0.2) is 9.85 Å². The van der Waals surface area contributed by atoms with Crippen LogP contribution in [0.1, 0.15) is 30.9 Å². The van der Waals surface area contributed by atoms with Crippen LogP contribution in [-0.2, 0) is 0 Å². The van der Waals surface area contributed by atoms with Gasteiger partial charge in [0.2, 0.25) is 0 Å². The van der Waals surface area contributed by atoms with Gasteiger partial charge < -0.3 is 0 Å². The van der Waals surface area contributed by atoms with Crippen molar-refractivity contribution in [2.45, 2.75) is 26.7 Å². The van der Waals surface area contributed by atoms with E-state index in [4.69, 9.17) is 0 Å². The average Bonchev–Trinajstić information content (AvgIpc) is 2.15. The number of rotatable bonds is 3. The van der Waals surface area contributed by atoms with Crippen LogP contribution in [0.3, 0.4) is 0 Å². The largest absolute Gasteiger partial charge is 0.349 e. The highest BCUT2D eigenvalue weighted by atomic mass is 16.6. The van der Waals surface area contributed by atoms with E-state index >= 15 is 0 Å². The van der Waals surface area contributed by atoms with E-state index in [1.165, 1.54) is 6.92 Å². The van der Waals surface area contributed by atoms with Gasteiger partial charge in [0.1, 0.15) is 0 Å². The van der Waals surface area contributed by atoms with E-state index in [0.29, 0.717) is 11.1 Å². The second-order valence-electron chi connectivity index (χ2n) is 3.84. The Balaban J connectivity index is 3.63. The molecule has 16 heavy (non-hydrogen) atoms. The Kier molecular flexibility index (Phi) is 3.22. The number of hydrogen-bond acceptors (Lipinski definition) is 4. The standard InChI is InChI=1S/C10H12N2O4/c1-6(2)8-5-4-7(3)9(11(13)14)10(8)12(15)16/h4-6H,1-3H3. The summed E-state index contributed by atoms with van der Waals surface area (Å²) < 4.78 is 0. The van der Waals surface area contributed by atoms with Gasteiger partial charge in [-0.15, -0.1) is 0 Å². The van der Waals surface area contributed by atoms with Crippen LogP contribution in [0.2, 0.25) is 0 Å². The summed E-state index contributed by atoms with van der Waals surface area (Å²) in [6.07, 6.45) is 0. The fourth-order valence-electron chi connectivity index (χ4n) is 1.58. The molecule has 1 aromatic carbocycles. The summed E-state index contributed by atoms with van der Waals surface area (Å²) in [5, 5.41) is 21.7. The molecule has 0 fully saturated rings. The van der Waals surface area contributed by atoms with Crippen molar-refractivity contribution in [3.63, 3.8) is 0 Å². The van der Waals surface area contributed by atoms with Crippen molar-refractivity contribution >= 4 is 11.4 Å². The summed E-state index contributed by atoms with van der Waals surface area (Å²) in [6, 6.07) is 3.12. The molecule has 0 N–H and O–H groups in total. The third kappa shape index (κ3) is 2.00. The summed E-state index contributed by atoms with van der Waals surface area (Å²) in [6.45, 7) is 5.03. The highest BCUT2D eigenvalue weighted by Gasteiger charge is 2.31. The fourth-order valence-corrected chi connectivity index (χ4v) is 1.58. The van der Waals surface area contributed by atoms with Crippen LogP contribution in [0.4, 0.5) is 11.4 Å². The van der Waals surface area contributed by atoms with Gasteiger partial charge in [0, 0.05) is 11.1 Å². The molecule has 0 aliphatic carbocycles. The molecule has 0 unspecified atom stereocenters. The molecule has 0 saturated heterocycles. The van der Waals surface area contributed by atoms with Crippen molar-refractivity contribution < 1.29 is 9.85 Å². The number of hydrogen-bond donors (Lipinski definition) is 0. The number of nitro groups is 2. The predicted molar refractivity (Wildman–Crippen MR) is 58.6 cm³/mol. The van der Waals surface area contributed by atoms with E-state index in [-0.39, 0.29) is 11.6 Å². The second kappa shape index (κ2) is 4.26. The third-order valence-corrected chi connectivity index (χ3v) is 2.37. The van der Waals surface area contributed by atoms with Gasteiger partial charge in [-0.3, -0.25) is 20.2 Å². The van der Waals surface area contributed by atoms with Crippen LogP contribution in [0.15, 0.2) is 12.1 Å². The quantitative estimate of drug-likeness (QED) is 0.583. The molecule has 1 aromatic rings.